The van der Waals surface area contributed by atoms with Crippen molar-refractivity contribution in [3.63, 3.8) is 0 Å². The fourth-order valence-corrected chi connectivity index (χ4v) is 2.56. The Morgan fingerprint density at radius 1 is 1.53 bits per heavy atom. The predicted molar refractivity (Wildman–Crippen MR) is 74.9 cm³/mol. The van der Waals surface area contributed by atoms with Crippen molar-refractivity contribution in [1.29, 1.82) is 5.26 Å². The highest BCUT2D eigenvalue weighted by Gasteiger charge is 2.13. The van der Waals surface area contributed by atoms with Gasteiger partial charge in [-0.25, -0.2) is 0 Å². The third kappa shape index (κ3) is 2.92. The van der Waals surface area contributed by atoms with Gasteiger partial charge in [-0.3, -0.25) is 4.79 Å². The number of hydrogen-bond acceptors (Lipinski definition) is 4. The number of nitriles is 1. The van der Waals surface area contributed by atoms with Gasteiger partial charge in [0.05, 0.1) is 11.8 Å². The van der Waals surface area contributed by atoms with E-state index in [9.17, 15) is 4.79 Å². The first-order chi connectivity index (χ1) is 9.11. The van der Waals surface area contributed by atoms with Crippen molar-refractivity contribution >= 4 is 28.3 Å². The van der Waals surface area contributed by atoms with Crippen LogP contribution in [0.3, 0.4) is 0 Å². The molecule has 0 saturated carbocycles. The molecule has 96 valence electrons. The number of rotatable bonds is 3. The third-order valence-corrected chi connectivity index (χ3v) is 3.80. The van der Waals surface area contributed by atoms with Gasteiger partial charge < -0.3 is 9.73 Å². The minimum absolute atomic E-state index is 0.283. The highest BCUT2D eigenvalue weighted by molar-refractivity contribution is 7.16. The van der Waals surface area contributed by atoms with Gasteiger partial charge in [0.2, 0.25) is 5.91 Å². The summed E-state index contributed by atoms with van der Waals surface area (Å²) in [5.74, 6) is 0.323. The van der Waals surface area contributed by atoms with Crippen LogP contribution in [0.2, 0.25) is 0 Å². The van der Waals surface area contributed by atoms with E-state index in [0.717, 1.165) is 10.4 Å². The Bertz CT molecular complexity index is 660. The van der Waals surface area contributed by atoms with Crippen molar-refractivity contribution in [3.8, 4) is 6.07 Å². The van der Waals surface area contributed by atoms with Gasteiger partial charge >= 0.3 is 0 Å². The number of amides is 1. The number of carbonyl (C=O) groups is 1. The van der Waals surface area contributed by atoms with Gasteiger partial charge in [0.1, 0.15) is 16.8 Å². The standard InChI is InChI=1S/C14H12N2O2S/c1-9-10(2)19-14(12(9)8-15)16-13(17)6-5-11-4-3-7-18-11/h3-7H,1-2H3,(H,16,17). The normalized spacial score (nSPS) is 10.6. The van der Waals surface area contributed by atoms with Gasteiger partial charge in [0.15, 0.2) is 0 Å². The number of carbonyl (C=O) groups excluding carboxylic acids is 1. The highest BCUT2D eigenvalue weighted by Crippen LogP contribution is 2.31. The summed E-state index contributed by atoms with van der Waals surface area (Å²) in [6, 6.07) is 5.61. The second-order valence-electron chi connectivity index (χ2n) is 3.94. The van der Waals surface area contributed by atoms with Crippen LogP contribution >= 0.6 is 11.3 Å². The molecule has 0 radical (unpaired) electrons. The van der Waals surface area contributed by atoms with E-state index in [1.807, 2.05) is 13.8 Å². The van der Waals surface area contributed by atoms with Crippen LogP contribution < -0.4 is 5.32 Å². The fourth-order valence-electron chi connectivity index (χ4n) is 1.55. The maximum Gasteiger partial charge on any atom is 0.249 e. The molecule has 1 N–H and O–H groups in total. The zero-order valence-electron chi connectivity index (χ0n) is 10.6. The smallest absolute Gasteiger partial charge is 0.249 e. The molecule has 0 bridgehead atoms. The van der Waals surface area contributed by atoms with Gasteiger partial charge in [-0.1, -0.05) is 0 Å². The fraction of sp³-hybridized carbons (Fsp3) is 0.143. The van der Waals surface area contributed by atoms with E-state index >= 15 is 0 Å². The van der Waals surface area contributed by atoms with E-state index < -0.39 is 0 Å². The molecule has 0 spiro atoms. The maximum atomic E-state index is 11.8. The largest absolute Gasteiger partial charge is 0.465 e. The Morgan fingerprint density at radius 2 is 2.32 bits per heavy atom. The molecule has 0 aliphatic carbocycles. The van der Waals surface area contributed by atoms with Gasteiger partial charge in [-0.15, -0.1) is 11.3 Å². The summed E-state index contributed by atoms with van der Waals surface area (Å²) in [6.45, 7) is 3.80. The first kappa shape index (κ1) is 13.1. The van der Waals surface area contributed by atoms with Crippen LogP contribution in [0, 0.1) is 25.2 Å². The summed E-state index contributed by atoms with van der Waals surface area (Å²) in [5.41, 5.74) is 1.44. The number of hydrogen-bond donors (Lipinski definition) is 1. The van der Waals surface area contributed by atoms with Crippen molar-refractivity contribution in [2.45, 2.75) is 13.8 Å². The molecule has 2 aromatic rings. The van der Waals surface area contributed by atoms with Gasteiger partial charge in [0.25, 0.3) is 0 Å². The van der Waals surface area contributed by atoms with Crippen molar-refractivity contribution in [2.75, 3.05) is 5.32 Å². The highest BCUT2D eigenvalue weighted by atomic mass is 32.1. The van der Waals surface area contributed by atoms with Crippen LogP contribution in [-0.2, 0) is 4.79 Å². The van der Waals surface area contributed by atoms with Gasteiger partial charge in [0, 0.05) is 11.0 Å². The van der Waals surface area contributed by atoms with Crippen LogP contribution in [0.25, 0.3) is 6.08 Å². The number of aryl methyl sites for hydroxylation is 1. The average Bonchev–Trinajstić information content (AvgIpc) is 2.97. The lowest BCUT2D eigenvalue weighted by atomic mass is 10.2. The molecule has 2 aromatic heterocycles. The second kappa shape index (κ2) is 5.55. The Labute approximate surface area is 115 Å². The minimum Gasteiger partial charge on any atom is -0.465 e. The third-order valence-electron chi connectivity index (χ3n) is 2.68. The van der Waals surface area contributed by atoms with Crippen LogP contribution in [0.15, 0.2) is 28.9 Å². The van der Waals surface area contributed by atoms with Crippen molar-refractivity contribution < 1.29 is 9.21 Å². The Kier molecular flexibility index (Phi) is 3.83. The predicted octanol–water partition coefficient (Wildman–Crippen LogP) is 3.48. The van der Waals surface area contributed by atoms with Crippen LogP contribution in [0.1, 0.15) is 21.8 Å². The van der Waals surface area contributed by atoms with E-state index in [2.05, 4.69) is 11.4 Å². The molecule has 0 aliphatic heterocycles. The van der Waals surface area contributed by atoms with E-state index in [1.54, 1.807) is 18.2 Å². The van der Waals surface area contributed by atoms with Crippen LogP contribution in [0.5, 0.6) is 0 Å². The summed E-state index contributed by atoms with van der Waals surface area (Å²) in [5, 5.41) is 12.4. The molecule has 1 amide bonds. The second-order valence-corrected chi connectivity index (χ2v) is 5.16. The summed E-state index contributed by atoms with van der Waals surface area (Å²) in [6.07, 6.45) is 4.50. The van der Waals surface area contributed by atoms with E-state index in [0.29, 0.717) is 16.3 Å². The number of anilines is 1. The monoisotopic (exact) mass is 272 g/mol. The number of thiophene rings is 1. The topological polar surface area (TPSA) is 66.0 Å². The molecule has 0 saturated heterocycles. The Hall–Kier alpha value is -2.32. The summed E-state index contributed by atoms with van der Waals surface area (Å²) >= 11 is 1.41. The molecule has 0 aliphatic rings. The molecule has 5 heteroatoms. The molecular formula is C14H12N2O2S. The van der Waals surface area contributed by atoms with Crippen molar-refractivity contribution in [1.82, 2.24) is 0 Å². The van der Waals surface area contributed by atoms with E-state index in [1.165, 1.54) is 23.7 Å². The summed E-state index contributed by atoms with van der Waals surface area (Å²) < 4.78 is 5.09. The molecular weight excluding hydrogens is 260 g/mol. The molecule has 0 atom stereocenters. The Morgan fingerprint density at radius 3 is 2.95 bits per heavy atom. The first-order valence-corrected chi connectivity index (χ1v) is 6.46. The average molecular weight is 272 g/mol. The molecule has 4 nitrogen and oxygen atoms in total. The minimum atomic E-state index is -0.283. The van der Waals surface area contributed by atoms with Gasteiger partial charge in [-0.2, -0.15) is 5.26 Å². The van der Waals surface area contributed by atoms with E-state index in [-0.39, 0.29) is 5.91 Å². The molecule has 2 rings (SSSR count). The molecule has 0 unspecified atom stereocenters. The maximum absolute atomic E-state index is 11.8. The van der Waals surface area contributed by atoms with Crippen molar-refractivity contribution in [3.05, 3.63) is 46.2 Å². The first-order valence-electron chi connectivity index (χ1n) is 5.64. The molecule has 2 heterocycles. The quantitative estimate of drug-likeness (QED) is 0.870. The molecule has 19 heavy (non-hydrogen) atoms. The molecule has 0 aromatic carbocycles. The number of nitrogens with one attached hydrogen (secondary N) is 1. The van der Waals surface area contributed by atoms with Crippen LogP contribution in [-0.4, -0.2) is 5.91 Å². The lowest BCUT2D eigenvalue weighted by molar-refractivity contribution is -0.111. The van der Waals surface area contributed by atoms with Gasteiger partial charge in [-0.05, 0) is 37.6 Å². The number of furan rings is 1. The lowest BCUT2D eigenvalue weighted by Crippen LogP contribution is -2.07. The lowest BCUT2D eigenvalue weighted by Gasteiger charge is -1.98. The SMILES string of the molecule is Cc1sc(NC(=O)C=Cc2ccco2)c(C#N)c1C. The molecule has 0 fully saturated rings. The van der Waals surface area contributed by atoms with E-state index in [4.69, 9.17) is 9.68 Å². The summed E-state index contributed by atoms with van der Waals surface area (Å²) in [4.78, 5) is 12.8. The Balaban J connectivity index is 2.12. The zero-order chi connectivity index (χ0) is 13.8. The number of nitrogens with zero attached hydrogens (tertiary/aromatic N) is 1. The van der Waals surface area contributed by atoms with Crippen molar-refractivity contribution in [2.24, 2.45) is 0 Å². The zero-order valence-corrected chi connectivity index (χ0v) is 11.4. The summed E-state index contributed by atoms with van der Waals surface area (Å²) in [7, 11) is 0. The van der Waals surface area contributed by atoms with Crippen LogP contribution in [0.4, 0.5) is 5.00 Å².